The molecule has 1 aliphatic rings. The van der Waals surface area contributed by atoms with Gasteiger partial charge in [0.05, 0.1) is 5.69 Å². The lowest BCUT2D eigenvalue weighted by Crippen LogP contribution is -2.55. The molecule has 1 atom stereocenters. The molecule has 0 saturated heterocycles. The molecule has 4 rings (SSSR count). The first-order valence-corrected chi connectivity index (χ1v) is 15.6. The highest BCUT2D eigenvalue weighted by molar-refractivity contribution is 7.90. The Morgan fingerprint density at radius 3 is 2.12 bits per heavy atom. The number of anilines is 1. The van der Waals surface area contributed by atoms with E-state index in [1.54, 1.807) is 0 Å². The number of halogens is 1. The van der Waals surface area contributed by atoms with Crippen LogP contribution < -0.4 is 9.62 Å². The molecule has 0 radical (unpaired) electrons. The molecule has 8 nitrogen and oxygen atoms in total. The van der Waals surface area contributed by atoms with Crippen LogP contribution in [0.1, 0.15) is 42.4 Å². The predicted molar refractivity (Wildman–Crippen MR) is 162 cm³/mol. The zero-order valence-corrected chi connectivity index (χ0v) is 25.2. The lowest BCUT2D eigenvalue weighted by molar-refractivity contribution is -0.140. The Labute approximate surface area is 248 Å². The molecule has 1 aliphatic carbocycles. The summed E-state index contributed by atoms with van der Waals surface area (Å²) in [6.07, 6.45) is 4.10. The van der Waals surface area contributed by atoms with Gasteiger partial charge in [0.25, 0.3) is 0 Å². The van der Waals surface area contributed by atoms with E-state index in [9.17, 15) is 22.4 Å². The van der Waals surface area contributed by atoms with Crippen LogP contribution in [0, 0.1) is 12.7 Å². The number of hydrogen-bond acceptors (Lipinski definition) is 4. The van der Waals surface area contributed by atoms with Crippen LogP contribution in [-0.2, 0) is 32.8 Å². The minimum atomic E-state index is -4.14. The van der Waals surface area contributed by atoms with Crippen molar-refractivity contribution in [2.45, 2.75) is 57.7 Å². The summed E-state index contributed by atoms with van der Waals surface area (Å²) in [5, 5.41) is 3.15. The molecule has 10 heteroatoms. The Morgan fingerprint density at radius 2 is 1.52 bits per heavy atom. The van der Waals surface area contributed by atoms with Gasteiger partial charge in [0.15, 0.2) is 0 Å². The zero-order chi connectivity index (χ0) is 30.3. The minimum absolute atomic E-state index is 0.0388. The lowest BCUT2D eigenvalue weighted by atomic mass is 10.0. The normalized spacial score (nSPS) is 14.5. The number of nitrogens with one attached hydrogen (secondary N) is 1. The lowest BCUT2D eigenvalue weighted by Gasteiger charge is -2.35. The third-order valence-electron chi connectivity index (χ3n) is 7.58. The van der Waals surface area contributed by atoms with E-state index in [0.717, 1.165) is 63.1 Å². The maximum absolute atomic E-state index is 14.3. The highest BCUT2D eigenvalue weighted by Crippen LogP contribution is 2.23. The molecule has 224 valence electrons. The maximum Gasteiger partial charge on any atom is 0.304 e. The SMILES string of the molecule is Cc1ccc(CN(C(=O)CN(c2ccc(F)cc2)S(=O)(=O)N(C)C)[C@@H](Cc2ccccc2)C(=O)NC2CCCC2)cc1. The smallest absolute Gasteiger partial charge is 0.304 e. The van der Waals surface area contributed by atoms with Crippen molar-refractivity contribution in [1.82, 2.24) is 14.5 Å². The predicted octanol–water partition coefficient (Wildman–Crippen LogP) is 4.45. The quantitative estimate of drug-likeness (QED) is 0.336. The second-order valence-electron chi connectivity index (χ2n) is 11.0. The topological polar surface area (TPSA) is 90.0 Å². The number of benzene rings is 3. The Balaban J connectivity index is 1.74. The van der Waals surface area contributed by atoms with Gasteiger partial charge in [-0.2, -0.15) is 12.7 Å². The van der Waals surface area contributed by atoms with Crippen LogP contribution in [0.25, 0.3) is 0 Å². The molecule has 42 heavy (non-hydrogen) atoms. The van der Waals surface area contributed by atoms with E-state index in [-0.39, 0.29) is 30.6 Å². The summed E-state index contributed by atoms with van der Waals surface area (Å²) in [6, 6.07) is 21.2. The molecule has 1 saturated carbocycles. The van der Waals surface area contributed by atoms with Crippen molar-refractivity contribution < 1.29 is 22.4 Å². The fraction of sp³-hybridized carbons (Fsp3) is 0.375. The highest BCUT2D eigenvalue weighted by Gasteiger charge is 2.35. The first kappa shape index (κ1) is 31.2. The Bertz CT molecular complexity index is 1440. The fourth-order valence-corrected chi connectivity index (χ4v) is 6.19. The number of amides is 2. The molecule has 0 aromatic heterocycles. The van der Waals surface area contributed by atoms with Gasteiger partial charge in [-0.25, -0.2) is 8.70 Å². The van der Waals surface area contributed by atoms with Crippen LogP contribution in [0.5, 0.6) is 0 Å². The standard InChI is InChI=1S/C32H39FN4O4S/c1-24-13-15-26(16-14-24)22-36(30(21-25-9-5-4-6-10-25)32(39)34-28-11-7-8-12-28)31(38)23-37(42(40,41)35(2)3)29-19-17-27(33)18-20-29/h4-6,9-10,13-20,28,30H,7-8,11-12,21-23H2,1-3H3,(H,34,39)/t30-/m0/s1. The van der Waals surface area contributed by atoms with Crippen molar-refractivity contribution in [1.29, 1.82) is 0 Å². The maximum atomic E-state index is 14.3. The van der Waals surface area contributed by atoms with Gasteiger partial charge in [0, 0.05) is 33.1 Å². The molecule has 0 spiro atoms. The van der Waals surface area contributed by atoms with Crippen molar-refractivity contribution in [3.05, 3.63) is 101 Å². The van der Waals surface area contributed by atoms with Crippen LogP contribution in [-0.4, -0.2) is 62.2 Å². The number of hydrogen-bond donors (Lipinski definition) is 1. The number of carbonyl (C=O) groups excluding carboxylic acids is 2. The number of carbonyl (C=O) groups is 2. The average Bonchev–Trinajstić information content (AvgIpc) is 3.48. The van der Waals surface area contributed by atoms with Crippen molar-refractivity contribution in [3.8, 4) is 0 Å². The van der Waals surface area contributed by atoms with Crippen LogP contribution >= 0.6 is 0 Å². The van der Waals surface area contributed by atoms with Gasteiger partial charge in [-0.3, -0.25) is 9.59 Å². The Hall–Kier alpha value is -3.76. The van der Waals surface area contributed by atoms with Gasteiger partial charge in [0.2, 0.25) is 11.8 Å². The molecular formula is C32H39FN4O4S. The summed E-state index contributed by atoms with van der Waals surface area (Å²) in [7, 11) is -1.40. The van der Waals surface area contributed by atoms with Gasteiger partial charge in [-0.05, 0) is 55.2 Å². The average molecular weight is 595 g/mol. The summed E-state index contributed by atoms with van der Waals surface area (Å²) >= 11 is 0. The monoisotopic (exact) mass is 594 g/mol. The number of nitrogens with zero attached hydrogens (tertiary/aromatic N) is 3. The van der Waals surface area contributed by atoms with Crippen LogP contribution in [0.3, 0.4) is 0 Å². The van der Waals surface area contributed by atoms with E-state index in [1.807, 2.05) is 61.5 Å². The van der Waals surface area contributed by atoms with E-state index in [1.165, 1.54) is 31.1 Å². The van der Waals surface area contributed by atoms with Gasteiger partial charge >= 0.3 is 10.2 Å². The molecule has 0 heterocycles. The van der Waals surface area contributed by atoms with Crippen LogP contribution in [0.4, 0.5) is 10.1 Å². The molecule has 1 fully saturated rings. The van der Waals surface area contributed by atoms with E-state index in [4.69, 9.17) is 0 Å². The molecule has 3 aromatic rings. The van der Waals surface area contributed by atoms with Crippen LogP contribution in [0.2, 0.25) is 0 Å². The number of rotatable bonds is 12. The Morgan fingerprint density at radius 1 is 0.905 bits per heavy atom. The number of aryl methyl sites for hydroxylation is 1. The van der Waals surface area contributed by atoms with Gasteiger partial charge in [-0.1, -0.05) is 73.0 Å². The summed E-state index contributed by atoms with van der Waals surface area (Å²) < 4.78 is 42.5. The third-order valence-corrected chi connectivity index (χ3v) is 9.40. The van der Waals surface area contributed by atoms with E-state index in [0.29, 0.717) is 0 Å². The first-order chi connectivity index (χ1) is 20.0. The first-order valence-electron chi connectivity index (χ1n) is 14.2. The molecule has 1 N–H and O–H groups in total. The summed E-state index contributed by atoms with van der Waals surface area (Å²) in [5.41, 5.74) is 2.88. The van der Waals surface area contributed by atoms with Crippen molar-refractivity contribution >= 4 is 27.7 Å². The fourth-order valence-electron chi connectivity index (χ4n) is 5.14. The summed E-state index contributed by atoms with van der Waals surface area (Å²) in [6.45, 7) is 1.50. The van der Waals surface area contributed by atoms with E-state index in [2.05, 4.69) is 5.32 Å². The summed E-state index contributed by atoms with van der Waals surface area (Å²) in [4.78, 5) is 29.6. The second kappa shape index (κ2) is 13.9. The van der Waals surface area contributed by atoms with Crippen molar-refractivity contribution in [3.63, 3.8) is 0 Å². The van der Waals surface area contributed by atoms with Crippen molar-refractivity contribution in [2.24, 2.45) is 0 Å². The molecule has 0 aliphatic heterocycles. The van der Waals surface area contributed by atoms with E-state index < -0.39 is 34.5 Å². The Kier molecular flexibility index (Phi) is 10.3. The molecule has 0 bridgehead atoms. The highest BCUT2D eigenvalue weighted by atomic mass is 32.2. The third kappa shape index (κ3) is 7.95. The van der Waals surface area contributed by atoms with Gasteiger partial charge < -0.3 is 10.2 Å². The van der Waals surface area contributed by atoms with Crippen LogP contribution in [0.15, 0.2) is 78.9 Å². The second-order valence-corrected chi connectivity index (χ2v) is 13.0. The summed E-state index contributed by atoms with van der Waals surface area (Å²) in [5.74, 6) is -1.34. The molecule has 3 aromatic carbocycles. The zero-order valence-electron chi connectivity index (χ0n) is 24.4. The molecule has 2 amide bonds. The van der Waals surface area contributed by atoms with Gasteiger partial charge in [0.1, 0.15) is 18.4 Å². The minimum Gasteiger partial charge on any atom is -0.352 e. The molecular weight excluding hydrogens is 555 g/mol. The largest absolute Gasteiger partial charge is 0.352 e. The van der Waals surface area contributed by atoms with Gasteiger partial charge in [-0.15, -0.1) is 0 Å². The van der Waals surface area contributed by atoms with E-state index >= 15 is 0 Å². The molecule has 0 unspecified atom stereocenters. The van der Waals surface area contributed by atoms with Crippen molar-refractivity contribution in [2.75, 3.05) is 24.9 Å².